The van der Waals surface area contributed by atoms with E-state index in [0.29, 0.717) is 11.3 Å². The van der Waals surface area contributed by atoms with Crippen molar-refractivity contribution in [2.45, 2.75) is 19.8 Å². The van der Waals surface area contributed by atoms with Crippen LogP contribution < -0.4 is 10.2 Å². The first-order valence-electron chi connectivity index (χ1n) is 7.19. The average Bonchev–Trinajstić information content (AvgIpc) is 3.02. The molecule has 0 atom stereocenters. The molecule has 1 aliphatic rings. The lowest BCUT2D eigenvalue weighted by atomic mass is 10.2. The molecule has 0 saturated carbocycles. The second kappa shape index (κ2) is 5.91. The monoisotopic (exact) mass is 282 g/mol. The standard InChI is InChI=1S/C16H18N4O/c1-12-15(7-8-17-19-12)16(21)18-13-5-4-6-14(11-13)20-9-2-3-10-20/h4-8,11H,2-3,9-10H2,1H3,(H,18,21). The zero-order valence-electron chi connectivity index (χ0n) is 12.0. The van der Waals surface area contributed by atoms with Crippen molar-refractivity contribution in [3.05, 3.63) is 47.8 Å². The number of benzene rings is 1. The number of aromatic nitrogens is 2. The van der Waals surface area contributed by atoms with Gasteiger partial charge in [-0.2, -0.15) is 10.2 Å². The van der Waals surface area contributed by atoms with Gasteiger partial charge in [0.15, 0.2) is 0 Å². The Kier molecular flexibility index (Phi) is 3.81. The van der Waals surface area contributed by atoms with Crippen molar-refractivity contribution in [1.82, 2.24) is 10.2 Å². The van der Waals surface area contributed by atoms with Gasteiger partial charge in [-0.25, -0.2) is 0 Å². The summed E-state index contributed by atoms with van der Waals surface area (Å²) in [6.45, 7) is 3.96. The topological polar surface area (TPSA) is 58.1 Å². The molecule has 0 bridgehead atoms. The molecule has 5 nitrogen and oxygen atoms in total. The van der Waals surface area contributed by atoms with E-state index in [1.54, 1.807) is 13.0 Å². The van der Waals surface area contributed by atoms with Gasteiger partial charge in [0.1, 0.15) is 0 Å². The van der Waals surface area contributed by atoms with E-state index in [1.165, 1.54) is 19.0 Å². The highest BCUT2D eigenvalue weighted by atomic mass is 16.1. The number of aryl methyl sites for hydroxylation is 1. The lowest BCUT2D eigenvalue weighted by Crippen LogP contribution is -2.18. The summed E-state index contributed by atoms with van der Waals surface area (Å²) in [5.41, 5.74) is 3.15. The van der Waals surface area contributed by atoms with Gasteiger partial charge in [0, 0.05) is 24.5 Å². The zero-order valence-corrected chi connectivity index (χ0v) is 12.0. The van der Waals surface area contributed by atoms with Gasteiger partial charge in [-0.3, -0.25) is 4.79 Å². The van der Waals surface area contributed by atoms with E-state index >= 15 is 0 Å². The van der Waals surface area contributed by atoms with Crippen LogP contribution in [0.1, 0.15) is 28.9 Å². The molecule has 108 valence electrons. The van der Waals surface area contributed by atoms with Gasteiger partial charge in [0.05, 0.1) is 17.5 Å². The molecule has 0 unspecified atom stereocenters. The van der Waals surface area contributed by atoms with Crippen molar-refractivity contribution in [1.29, 1.82) is 0 Å². The number of rotatable bonds is 3. The third-order valence-corrected chi connectivity index (χ3v) is 3.73. The average molecular weight is 282 g/mol. The Morgan fingerprint density at radius 1 is 1.24 bits per heavy atom. The fourth-order valence-electron chi connectivity index (χ4n) is 2.60. The number of anilines is 2. The lowest BCUT2D eigenvalue weighted by Gasteiger charge is -2.18. The Bertz CT molecular complexity index is 650. The van der Waals surface area contributed by atoms with Crippen molar-refractivity contribution >= 4 is 17.3 Å². The predicted octanol–water partition coefficient (Wildman–Crippen LogP) is 2.64. The summed E-state index contributed by atoms with van der Waals surface area (Å²) in [7, 11) is 0. The summed E-state index contributed by atoms with van der Waals surface area (Å²) in [5, 5.41) is 10.6. The number of nitrogens with zero attached hydrogens (tertiary/aromatic N) is 3. The predicted molar refractivity (Wildman–Crippen MR) is 82.6 cm³/mol. The smallest absolute Gasteiger partial charge is 0.257 e. The van der Waals surface area contributed by atoms with Crippen molar-refractivity contribution in [3.8, 4) is 0 Å². The number of nitrogens with one attached hydrogen (secondary N) is 1. The van der Waals surface area contributed by atoms with Gasteiger partial charge in [-0.15, -0.1) is 0 Å². The van der Waals surface area contributed by atoms with E-state index in [0.717, 1.165) is 24.5 Å². The van der Waals surface area contributed by atoms with Crippen LogP contribution in [0.2, 0.25) is 0 Å². The molecule has 21 heavy (non-hydrogen) atoms. The van der Waals surface area contributed by atoms with Crippen LogP contribution in [0, 0.1) is 6.92 Å². The van der Waals surface area contributed by atoms with Gasteiger partial charge < -0.3 is 10.2 Å². The van der Waals surface area contributed by atoms with Crippen LogP contribution in [0.25, 0.3) is 0 Å². The molecular formula is C16H18N4O. The largest absolute Gasteiger partial charge is 0.371 e. The minimum atomic E-state index is -0.152. The minimum absolute atomic E-state index is 0.152. The van der Waals surface area contributed by atoms with Crippen LogP contribution in [-0.2, 0) is 0 Å². The van der Waals surface area contributed by atoms with Crippen molar-refractivity contribution in [2.24, 2.45) is 0 Å². The molecule has 2 aromatic rings. The second-order valence-electron chi connectivity index (χ2n) is 5.23. The Morgan fingerprint density at radius 2 is 2.05 bits per heavy atom. The Balaban J connectivity index is 1.77. The maximum absolute atomic E-state index is 12.3. The van der Waals surface area contributed by atoms with Crippen molar-refractivity contribution in [3.63, 3.8) is 0 Å². The molecule has 1 amide bonds. The first kappa shape index (κ1) is 13.5. The van der Waals surface area contributed by atoms with Crippen LogP contribution >= 0.6 is 0 Å². The minimum Gasteiger partial charge on any atom is -0.371 e. The van der Waals surface area contributed by atoms with Gasteiger partial charge in [-0.05, 0) is 44.0 Å². The zero-order chi connectivity index (χ0) is 14.7. The maximum atomic E-state index is 12.3. The van der Waals surface area contributed by atoms with E-state index in [2.05, 4.69) is 26.5 Å². The van der Waals surface area contributed by atoms with E-state index < -0.39 is 0 Å². The van der Waals surface area contributed by atoms with E-state index in [9.17, 15) is 4.79 Å². The van der Waals surface area contributed by atoms with E-state index in [-0.39, 0.29) is 5.91 Å². The lowest BCUT2D eigenvalue weighted by molar-refractivity contribution is 0.102. The van der Waals surface area contributed by atoms with E-state index in [1.807, 2.05) is 18.2 Å². The molecule has 1 N–H and O–H groups in total. The summed E-state index contributed by atoms with van der Waals surface area (Å²) < 4.78 is 0. The van der Waals surface area contributed by atoms with Gasteiger partial charge in [0.2, 0.25) is 0 Å². The molecule has 1 fully saturated rings. The number of hydrogen-bond acceptors (Lipinski definition) is 4. The second-order valence-corrected chi connectivity index (χ2v) is 5.23. The van der Waals surface area contributed by atoms with E-state index in [4.69, 9.17) is 0 Å². The molecular weight excluding hydrogens is 264 g/mol. The summed E-state index contributed by atoms with van der Waals surface area (Å²) in [6, 6.07) is 9.66. The quantitative estimate of drug-likeness (QED) is 0.940. The molecule has 0 spiro atoms. The number of hydrogen-bond donors (Lipinski definition) is 1. The first-order valence-corrected chi connectivity index (χ1v) is 7.19. The molecule has 1 aliphatic heterocycles. The first-order chi connectivity index (χ1) is 10.2. The maximum Gasteiger partial charge on any atom is 0.257 e. The van der Waals surface area contributed by atoms with Crippen LogP contribution in [0.5, 0.6) is 0 Å². The molecule has 3 rings (SSSR count). The van der Waals surface area contributed by atoms with Crippen LogP contribution in [-0.4, -0.2) is 29.2 Å². The van der Waals surface area contributed by atoms with Crippen LogP contribution in [0.15, 0.2) is 36.5 Å². The fraction of sp³-hybridized carbons (Fsp3) is 0.312. The summed E-state index contributed by atoms with van der Waals surface area (Å²) >= 11 is 0. The molecule has 1 aromatic carbocycles. The Hall–Kier alpha value is -2.43. The SMILES string of the molecule is Cc1nnccc1C(=O)Nc1cccc(N2CCCC2)c1. The molecule has 2 heterocycles. The summed E-state index contributed by atoms with van der Waals surface area (Å²) in [5.74, 6) is -0.152. The fourth-order valence-corrected chi connectivity index (χ4v) is 2.60. The number of carbonyl (C=O) groups excluding carboxylic acids is 1. The molecule has 0 aliphatic carbocycles. The molecule has 1 aromatic heterocycles. The third-order valence-electron chi connectivity index (χ3n) is 3.73. The highest BCUT2D eigenvalue weighted by molar-refractivity contribution is 6.05. The molecule has 5 heteroatoms. The molecule has 1 saturated heterocycles. The van der Waals surface area contributed by atoms with Crippen LogP contribution in [0.3, 0.4) is 0 Å². The highest BCUT2D eigenvalue weighted by Gasteiger charge is 2.14. The van der Waals surface area contributed by atoms with Crippen molar-refractivity contribution in [2.75, 3.05) is 23.3 Å². The summed E-state index contributed by atoms with van der Waals surface area (Å²) in [4.78, 5) is 14.6. The van der Waals surface area contributed by atoms with Crippen molar-refractivity contribution < 1.29 is 4.79 Å². The van der Waals surface area contributed by atoms with Gasteiger partial charge in [0.25, 0.3) is 5.91 Å². The normalized spacial score (nSPS) is 14.2. The Morgan fingerprint density at radius 3 is 2.81 bits per heavy atom. The Labute approximate surface area is 124 Å². The highest BCUT2D eigenvalue weighted by Crippen LogP contribution is 2.23. The third kappa shape index (κ3) is 3.02. The summed E-state index contributed by atoms with van der Waals surface area (Å²) in [6.07, 6.45) is 4.00. The van der Waals surface area contributed by atoms with Gasteiger partial charge >= 0.3 is 0 Å². The number of carbonyl (C=O) groups is 1. The van der Waals surface area contributed by atoms with Crippen LogP contribution in [0.4, 0.5) is 11.4 Å². The molecule has 0 radical (unpaired) electrons. The van der Waals surface area contributed by atoms with Gasteiger partial charge in [-0.1, -0.05) is 6.07 Å². The number of amides is 1.